The summed E-state index contributed by atoms with van der Waals surface area (Å²) in [6, 6.07) is 24.2. The summed E-state index contributed by atoms with van der Waals surface area (Å²) in [5, 5.41) is 6.64. The molecule has 4 aromatic rings. The van der Waals surface area contributed by atoms with E-state index in [0.29, 0.717) is 48.9 Å². The molecule has 37 heavy (non-hydrogen) atoms. The van der Waals surface area contributed by atoms with Crippen LogP contribution in [0, 0.1) is 5.41 Å². The zero-order chi connectivity index (χ0) is 25.2. The maximum Gasteiger partial charge on any atom is 0.240 e. The molecule has 2 aliphatic rings. The molecule has 7 nitrogen and oxygen atoms in total. The van der Waals surface area contributed by atoms with Gasteiger partial charge in [0, 0.05) is 23.0 Å². The van der Waals surface area contributed by atoms with Crippen LogP contribution < -0.4 is 15.4 Å². The summed E-state index contributed by atoms with van der Waals surface area (Å²) in [5.74, 6) is 0.748. The van der Waals surface area contributed by atoms with Gasteiger partial charge in [-0.15, -0.1) is 0 Å². The highest BCUT2D eigenvalue weighted by molar-refractivity contribution is 6.16. The molecule has 0 radical (unpaired) electrons. The smallest absolute Gasteiger partial charge is 0.240 e. The first-order valence-electron chi connectivity index (χ1n) is 12.2. The van der Waals surface area contributed by atoms with E-state index in [1.165, 1.54) is 0 Å². The third-order valence-corrected chi connectivity index (χ3v) is 6.77. The number of hydrogen-bond donors (Lipinski definition) is 2. The second-order valence-electron chi connectivity index (χ2n) is 9.27. The van der Waals surface area contributed by atoms with E-state index >= 15 is 0 Å². The molecule has 1 aromatic heterocycles. The topological polar surface area (TPSA) is 89.6 Å². The second-order valence-corrected chi connectivity index (χ2v) is 9.27. The fourth-order valence-electron chi connectivity index (χ4n) is 4.44. The maximum atomic E-state index is 13.0. The van der Waals surface area contributed by atoms with E-state index in [2.05, 4.69) is 27.8 Å². The zero-order valence-corrected chi connectivity index (χ0v) is 20.1. The highest BCUT2D eigenvalue weighted by atomic mass is 16.5. The number of hydrogen-bond acceptors (Lipinski definition) is 5. The number of anilines is 2. The van der Waals surface area contributed by atoms with E-state index in [9.17, 15) is 9.59 Å². The largest absolute Gasteiger partial charge is 0.457 e. The Morgan fingerprint density at radius 3 is 2.27 bits per heavy atom. The lowest BCUT2D eigenvalue weighted by Gasteiger charge is -2.16. The van der Waals surface area contributed by atoms with Crippen molar-refractivity contribution in [3.05, 3.63) is 96.7 Å². The molecular formula is C30H25N3O4. The van der Waals surface area contributed by atoms with Gasteiger partial charge in [-0.1, -0.05) is 30.3 Å². The summed E-state index contributed by atoms with van der Waals surface area (Å²) in [5.41, 5.74) is 3.36. The third kappa shape index (κ3) is 4.69. The molecule has 0 unspecified atom stereocenters. The molecular weight excluding hydrogens is 466 g/mol. The molecule has 3 aromatic carbocycles. The molecule has 0 bridgehead atoms. The number of fused-ring (bicyclic) bond motifs is 1. The number of nitrogens with one attached hydrogen (secondary N) is 2. The quantitative estimate of drug-likeness (QED) is 0.319. The van der Waals surface area contributed by atoms with Crippen molar-refractivity contribution in [1.82, 2.24) is 4.98 Å². The molecule has 6 rings (SSSR count). The number of para-hydroxylation sites is 1. The Morgan fingerprint density at radius 2 is 1.59 bits per heavy atom. The molecule has 2 amide bonds. The summed E-state index contributed by atoms with van der Waals surface area (Å²) in [6.07, 6.45) is 4.87. The lowest BCUT2D eigenvalue weighted by molar-refractivity contribution is -0.131. The maximum absolute atomic E-state index is 13.0. The Bertz CT molecular complexity index is 1510. The van der Waals surface area contributed by atoms with Gasteiger partial charge in [0.05, 0.1) is 18.7 Å². The normalized spacial score (nSPS) is 15.6. The number of ether oxygens (including phenoxy) is 2. The monoisotopic (exact) mass is 491 g/mol. The molecule has 1 aliphatic carbocycles. The molecule has 0 spiro atoms. The van der Waals surface area contributed by atoms with Crippen molar-refractivity contribution in [2.75, 3.05) is 23.8 Å². The average molecular weight is 492 g/mol. The van der Waals surface area contributed by atoms with E-state index in [1.54, 1.807) is 42.6 Å². The Labute approximate surface area is 214 Å². The van der Waals surface area contributed by atoms with Crippen molar-refractivity contribution < 1.29 is 19.1 Å². The average Bonchev–Trinajstić information content (AvgIpc) is 3.57. The van der Waals surface area contributed by atoms with Gasteiger partial charge in [0.2, 0.25) is 11.8 Å². The van der Waals surface area contributed by atoms with Crippen LogP contribution >= 0.6 is 0 Å². The minimum absolute atomic E-state index is 0.277. The number of pyridine rings is 1. The first kappa shape index (κ1) is 22.9. The van der Waals surface area contributed by atoms with E-state index in [0.717, 1.165) is 22.0 Å². The molecule has 1 fully saturated rings. The number of benzene rings is 3. The summed E-state index contributed by atoms with van der Waals surface area (Å²) in [6.45, 7) is 1.26. The molecule has 7 heteroatoms. The van der Waals surface area contributed by atoms with Gasteiger partial charge in [0.15, 0.2) is 0 Å². The van der Waals surface area contributed by atoms with Crippen LogP contribution in [0.15, 0.2) is 91.1 Å². The Balaban J connectivity index is 1.13. The van der Waals surface area contributed by atoms with Gasteiger partial charge in [0.25, 0.3) is 0 Å². The number of rotatable bonds is 7. The molecule has 2 heterocycles. The van der Waals surface area contributed by atoms with Gasteiger partial charge in [0.1, 0.15) is 16.9 Å². The lowest BCUT2D eigenvalue weighted by Crippen LogP contribution is -2.35. The van der Waals surface area contributed by atoms with E-state index in [1.807, 2.05) is 36.4 Å². The predicted octanol–water partition coefficient (Wildman–Crippen LogP) is 5.80. The van der Waals surface area contributed by atoms with Crippen LogP contribution in [0.1, 0.15) is 18.4 Å². The van der Waals surface area contributed by atoms with Crippen LogP contribution in [0.5, 0.6) is 11.5 Å². The predicted molar refractivity (Wildman–Crippen MR) is 142 cm³/mol. The number of nitrogens with zero attached hydrogens (tertiary/aromatic N) is 1. The van der Waals surface area contributed by atoms with Crippen molar-refractivity contribution in [1.29, 1.82) is 0 Å². The number of amides is 2. The summed E-state index contributed by atoms with van der Waals surface area (Å²) < 4.78 is 11.6. The van der Waals surface area contributed by atoms with E-state index in [-0.39, 0.29) is 11.8 Å². The van der Waals surface area contributed by atoms with Crippen LogP contribution in [0.3, 0.4) is 0 Å². The Morgan fingerprint density at radius 1 is 0.865 bits per heavy atom. The van der Waals surface area contributed by atoms with Gasteiger partial charge in [-0.2, -0.15) is 0 Å². The molecule has 2 N–H and O–H groups in total. The van der Waals surface area contributed by atoms with Gasteiger partial charge in [-0.3, -0.25) is 14.6 Å². The minimum Gasteiger partial charge on any atom is -0.457 e. The SMILES string of the molecule is O=C(Nc1ccccc1)C1(C(=O)Nc2ccc(Oc3ccnc4cc(C5=CCOC5)ccc34)cc2)CC1. The first-order chi connectivity index (χ1) is 18.1. The second kappa shape index (κ2) is 9.52. The lowest BCUT2D eigenvalue weighted by atomic mass is 10.0. The van der Waals surface area contributed by atoms with Crippen LogP contribution in [0.4, 0.5) is 11.4 Å². The summed E-state index contributed by atoms with van der Waals surface area (Å²) in [7, 11) is 0. The molecule has 184 valence electrons. The van der Waals surface area contributed by atoms with Crippen LogP contribution in [-0.2, 0) is 14.3 Å². The van der Waals surface area contributed by atoms with Gasteiger partial charge in [-0.05, 0) is 78.6 Å². The van der Waals surface area contributed by atoms with Crippen LogP contribution in [0.25, 0.3) is 16.5 Å². The van der Waals surface area contributed by atoms with Crippen LogP contribution in [-0.4, -0.2) is 30.0 Å². The van der Waals surface area contributed by atoms with E-state index in [4.69, 9.17) is 9.47 Å². The van der Waals surface area contributed by atoms with Crippen molar-refractivity contribution in [3.8, 4) is 11.5 Å². The minimum atomic E-state index is -1.03. The molecule has 0 saturated heterocycles. The number of aromatic nitrogens is 1. The highest BCUT2D eigenvalue weighted by Gasteiger charge is 2.56. The molecule has 1 aliphatic heterocycles. The molecule has 0 atom stereocenters. The fraction of sp³-hybridized carbons (Fsp3) is 0.167. The van der Waals surface area contributed by atoms with Crippen molar-refractivity contribution in [2.24, 2.45) is 5.41 Å². The van der Waals surface area contributed by atoms with Gasteiger partial charge in [-0.25, -0.2) is 0 Å². The van der Waals surface area contributed by atoms with Gasteiger partial charge < -0.3 is 20.1 Å². The van der Waals surface area contributed by atoms with Gasteiger partial charge >= 0.3 is 0 Å². The Kier molecular flexibility index (Phi) is 5.90. The van der Waals surface area contributed by atoms with Crippen molar-refractivity contribution >= 4 is 39.7 Å². The standard InChI is InChI=1S/C30H25N3O4/c34-28(32-22-4-2-1-3-5-22)30(14-15-30)29(35)33-23-7-9-24(10-8-23)37-27-12-16-31-26-18-20(6-11-25(26)27)21-13-17-36-19-21/h1-13,16,18H,14-15,17,19H2,(H,32,34)(H,33,35). The van der Waals surface area contributed by atoms with Crippen molar-refractivity contribution in [2.45, 2.75) is 12.8 Å². The molecule has 1 saturated carbocycles. The Hall–Kier alpha value is -4.49. The van der Waals surface area contributed by atoms with Crippen LogP contribution in [0.2, 0.25) is 0 Å². The zero-order valence-electron chi connectivity index (χ0n) is 20.1. The van der Waals surface area contributed by atoms with E-state index < -0.39 is 5.41 Å². The number of carbonyl (C=O) groups is 2. The fourth-order valence-corrected chi connectivity index (χ4v) is 4.44. The summed E-state index contributed by atoms with van der Waals surface area (Å²) >= 11 is 0. The summed E-state index contributed by atoms with van der Waals surface area (Å²) in [4.78, 5) is 30.2. The first-order valence-corrected chi connectivity index (χ1v) is 12.2. The highest BCUT2D eigenvalue weighted by Crippen LogP contribution is 2.47. The number of carbonyl (C=O) groups excluding carboxylic acids is 2. The van der Waals surface area contributed by atoms with Crippen molar-refractivity contribution in [3.63, 3.8) is 0 Å². The third-order valence-electron chi connectivity index (χ3n) is 6.77.